The first-order valence-corrected chi connectivity index (χ1v) is 6.97. The van der Waals surface area contributed by atoms with Crippen LogP contribution in [0.2, 0.25) is 0 Å². The number of nitrogens with two attached hydrogens (primary N) is 2. The van der Waals surface area contributed by atoms with E-state index in [0.29, 0.717) is 17.7 Å². The number of hydrogen-bond acceptors (Lipinski definition) is 3. The number of benzene rings is 1. The molecule has 0 aliphatic rings. The van der Waals surface area contributed by atoms with Crippen LogP contribution in [0.1, 0.15) is 10.5 Å². The number of nitrogens with zero attached hydrogens (tertiary/aromatic N) is 2. The Kier molecular flexibility index (Phi) is 3.57. The van der Waals surface area contributed by atoms with Crippen LogP contribution in [-0.4, -0.2) is 25.2 Å². The fraction of sp³-hybridized carbons (Fsp3) is 0. The predicted molar refractivity (Wildman–Crippen MR) is 74.2 cm³/mol. The SMILES string of the molecule is NC(N)=NS(=O)(=O)c1ccc(-n2cccc2C=O)cc1. The number of carbonyl (C=O) groups excluding carboxylic acids is 1. The van der Waals surface area contributed by atoms with Crippen molar-refractivity contribution in [2.45, 2.75) is 4.90 Å². The summed E-state index contributed by atoms with van der Waals surface area (Å²) < 4.78 is 28.3. The third-order valence-corrected chi connectivity index (χ3v) is 3.86. The Hall–Kier alpha value is -2.61. The maximum Gasteiger partial charge on any atom is 0.285 e. The van der Waals surface area contributed by atoms with Gasteiger partial charge in [-0.1, -0.05) is 0 Å². The molecule has 0 amide bonds. The lowest BCUT2D eigenvalue weighted by Crippen LogP contribution is -2.24. The number of hydrogen-bond donors (Lipinski definition) is 2. The normalized spacial score (nSPS) is 11.0. The summed E-state index contributed by atoms with van der Waals surface area (Å²) in [5, 5.41) is 0. The topological polar surface area (TPSA) is 121 Å². The summed E-state index contributed by atoms with van der Waals surface area (Å²) in [5.74, 6) is -0.525. The van der Waals surface area contributed by atoms with Crippen molar-refractivity contribution in [2.24, 2.45) is 15.9 Å². The highest BCUT2D eigenvalue weighted by Gasteiger charge is 2.13. The standard InChI is InChI=1S/C12H12N4O3S/c13-12(14)15-20(18,19)11-5-3-9(4-6-11)16-7-1-2-10(16)8-17/h1-8H,(H4,13,14,15). The molecule has 4 N–H and O–H groups in total. The Morgan fingerprint density at radius 1 is 1.15 bits per heavy atom. The van der Waals surface area contributed by atoms with E-state index in [2.05, 4.69) is 4.40 Å². The van der Waals surface area contributed by atoms with Gasteiger partial charge in [0.2, 0.25) is 5.96 Å². The van der Waals surface area contributed by atoms with Crippen molar-refractivity contribution >= 4 is 22.3 Å². The summed E-state index contributed by atoms with van der Waals surface area (Å²) in [5.41, 5.74) is 11.2. The van der Waals surface area contributed by atoms with Gasteiger partial charge in [0.05, 0.1) is 10.6 Å². The monoisotopic (exact) mass is 292 g/mol. The van der Waals surface area contributed by atoms with Crippen LogP contribution in [0.15, 0.2) is 51.9 Å². The van der Waals surface area contributed by atoms with E-state index in [-0.39, 0.29) is 4.90 Å². The van der Waals surface area contributed by atoms with Gasteiger partial charge in [-0.05, 0) is 36.4 Å². The molecule has 8 heteroatoms. The van der Waals surface area contributed by atoms with Crippen LogP contribution in [0, 0.1) is 0 Å². The number of rotatable bonds is 4. The average molecular weight is 292 g/mol. The minimum Gasteiger partial charge on any atom is -0.369 e. The summed E-state index contributed by atoms with van der Waals surface area (Å²) in [6, 6.07) is 9.21. The molecular weight excluding hydrogens is 280 g/mol. The molecule has 1 heterocycles. The molecule has 2 rings (SSSR count). The van der Waals surface area contributed by atoms with E-state index in [4.69, 9.17) is 11.5 Å². The lowest BCUT2D eigenvalue weighted by molar-refractivity contribution is 0.111. The lowest BCUT2D eigenvalue weighted by Gasteiger charge is -2.06. The first kappa shape index (κ1) is 13.8. The summed E-state index contributed by atoms with van der Waals surface area (Å²) in [6.07, 6.45) is 2.41. The summed E-state index contributed by atoms with van der Waals surface area (Å²) in [4.78, 5) is 10.8. The van der Waals surface area contributed by atoms with Crippen LogP contribution >= 0.6 is 0 Å². The molecule has 0 atom stereocenters. The first-order valence-electron chi connectivity index (χ1n) is 5.53. The highest BCUT2D eigenvalue weighted by Crippen LogP contribution is 2.17. The van der Waals surface area contributed by atoms with E-state index in [0.717, 1.165) is 0 Å². The number of carbonyl (C=O) groups is 1. The van der Waals surface area contributed by atoms with Crippen molar-refractivity contribution in [3.8, 4) is 5.69 Å². The Morgan fingerprint density at radius 3 is 2.35 bits per heavy atom. The molecule has 0 aliphatic carbocycles. The van der Waals surface area contributed by atoms with Gasteiger partial charge in [-0.15, -0.1) is 4.40 Å². The zero-order chi connectivity index (χ0) is 14.8. The molecule has 0 unspecified atom stereocenters. The number of sulfonamides is 1. The van der Waals surface area contributed by atoms with Gasteiger partial charge in [0.25, 0.3) is 10.0 Å². The predicted octanol–water partition coefficient (Wildman–Crippen LogP) is 0.252. The third kappa shape index (κ3) is 2.69. The minimum absolute atomic E-state index is 0.0329. The molecule has 7 nitrogen and oxygen atoms in total. The molecular formula is C12H12N4O3S. The van der Waals surface area contributed by atoms with Gasteiger partial charge in [-0.2, -0.15) is 8.42 Å². The second-order valence-corrected chi connectivity index (χ2v) is 5.51. The van der Waals surface area contributed by atoms with Gasteiger partial charge >= 0.3 is 0 Å². The second-order valence-electron chi connectivity index (χ2n) is 3.91. The maximum absolute atomic E-state index is 11.8. The fourth-order valence-electron chi connectivity index (χ4n) is 1.70. The molecule has 104 valence electrons. The van der Waals surface area contributed by atoms with E-state index in [1.165, 1.54) is 12.1 Å². The average Bonchev–Trinajstić information content (AvgIpc) is 2.85. The molecule has 0 saturated carbocycles. The highest BCUT2D eigenvalue weighted by molar-refractivity contribution is 7.90. The fourth-order valence-corrected chi connectivity index (χ4v) is 2.56. The van der Waals surface area contributed by atoms with E-state index >= 15 is 0 Å². The van der Waals surface area contributed by atoms with Gasteiger partial charge in [0.15, 0.2) is 6.29 Å². The van der Waals surface area contributed by atoms with E-state index < -0.39 is 16.0 Å². The number of aromatic nitrogens is 1. The van der Waals surface area contributed by atoms with Crippen LogP contribution in [-0.2, 0) is 10.0 Å². The van der Waals surface area contributed by atoms with Gasteiger partial charge in [-0.25, -0.2) is 0 Å². The van der Waals surface area contributed by atoms with Crippen LogP contribution < -0.4 is 11.5 Å². The number of aldehydes is 1. The van der Waals surface area contributed by atoms with E-state index in [1.54, 1.807) is 35.0 Å². The molecule has 1 aromatic carbocycles. The molecule has 20 heavy (non-hydrogen) atoms. The Balaban J connectivity index is 2.41. The molecule has 0 aliphatic heterocycles. The molecule has 2 aromatic rings. The van der Waals surface area contributed by atoms with Gasteiger partial charge in [0.1, 0.15) is 0 Å². The molecule has 0 bridgehead atoms. The van der Waals surface area contributed by atoms with Crippen molar-refractivity contribution in [1.82, 2.24) is 4.57 Å². The van der Waals surface area contributed by atoms with Gasteiger partial charge < -0.3 is 16.0 Å². The van der Waals surface area contributed by atoms with E-state index in [1.807, 2.05) is 0 Å². The van der Waals surface area contributed by atoms with Crippen LogP contribution in [0.5, 0.6) is 0 Å². The maximum atomic E-state index is 11.8. The smallest absolute Gasteiger partial charge is 0.285 e. The van der Waals surface area contributed by atoms with Crippen molar-refractivity contribution in [3.05, 3.63) is 48.3 Å². The highest BCUT2D eigenvalue weighted by atomic mass is 32.2. The van der Waals surface area contributed by atoms with Crippen LogP contribution in [0.3, 0.4) is 0 Å². The molecule has 0 spiro atoms. The van der Waals surface area contributed by atoms with E-state index in [9.17, 15) is 13.2 Å². The Labute approximate surface area is 115 Å². The largest absolute Gasteiger partial charge is 0.369 e. The Bertz CT molecular complexity index is 756. The Morgan fingerprint density at radius 2 is 1.80 bits per heavy atom. The quantitative estimate of drug-likeness (QED) is 0.475. The first-order chi connectivity index (χ1) is 9.44. The van der Waals surface area contributed by atoms with Gasteiger partial charge in [-0.3, -0.25) is 4.79 Å². The number of guanidine groups is 1. The van der Waals surface area contributed by atoms with Crippen molar-refractivity contribution in [1.29, 1.82) is 0 Å². The summed E-state index contributed by atoms with van der Waals surface area (Å²) in [7, 11) is -3.90. The molecule has 0 saturated heterocycles. The van der Waals surface area contributed by atoms with Crippen LogP contribution in [0.25, 0.3) is 5.69 Å². The van der Waals surface area contributed by atoms with Crippen LogP contribution in [0.4, 0.5) is 0 Å². The van der Waals surface area contributed by atoms with Crippen molar-refractivity contribution in [3.63, 3.8) is 0 Å². The molecule has 1 aromatic heterocycles. The zero-order valence-corrected chi connectivity index (χ0v) is 11.1. The van der Waals surface area contributed by atoms with Crippen molar-refractivity contribution < 1.29 is 13.2 Å². The molecule has 0 fully saturated rings. The van der Waals surface area contributed by atoms with Gasteiger partial charge in [0, 0.05) is 11.9 Å². The third-order valence-electron chi connectivity index (χ3n) is 2.54. The second kappa shape index (κ2) is 5.17. The molecule has 0 radical (unpaired) electrons. The zero-order valence-electron chi connectivity index (χ0n) is 10.3. The lowest BCUT2D eigenvalue weighted by atomic mass is 10.3. The summed E-state index contributed by atoms with van der Waals surface area (Å²) >= 11 is 0. The van der Waals surface area contributed by atoms with Crippen molar-refractivity contribution in [2.75, 3.05) is 0 Å². The summed E-state index contributed by atoms with van der Waals surface area (Å²) in [6.45, 7) is 0. The minimum atomic E-state index is -3.90.